The number of rotatable bonds is 6. The molecule has 0 unspecified atom stereocenters. The highest BCUT2D eigenvalue weighted by molar-refractivity contribution is 5.75. The van der Waals surface area contributed by atoms with E-state index < -0.39 is 0 Å². The van der Waals surface area contributed by atoms with Gasteiger partial charge >= 0.3 is 0 Å². The Bertz CT molecular complexity index is 821. The Morgan fingerprint density at radius 3 is 2.78 bits per heavy atom. The van der Waals surface area contributed by atoms with Gasteiger partial charge in [0.1, 0.15) is 19.2 Å². The summed E-state index contributed by atoms with van der Waals surface area (Å²) >= 11 is 0. The van der Waals surface area contributed by atoms with E-state index in [1.54, 1.807) is 10.6 Å². The van der Waals surface area contributed by atoms with E-state index in [0.717, 1.165) is 0 Å². The molecule has 23 heavy (non-hydrogen) atoms. The molecule has 0 radical (unpaired) electrons. The van der Waals surface area contributed by atoms with Crippen LogP contribution in [-0.2, 0) is 17.9 Å². The van der Waals surface area contributed by atoms with Gasteiger partial charge in [0.2, 0.25) is 5.91 Å². The number of amides is 1. The van der Waals surface area contributed by atoms with E-state index in [0.29, 0.717) is 12.4 Å². The number of hydrogen-bond donors (Lipinski definition) is 1. The molecule has 3 aromatic heterocycles. The molecule has 1 N–H and O–H groups in total. The van der Waals surface area contributed by atoms with Crippen LogP contribution in [0.15, 0.2) is 54.1 Å². The van der Waals surface area contributed by atoms with E-state index in [1.165, 1.54) is 28.1 Å². The van der Waals surface area contributed by atoms with Crippen molar-refractivity contribution in [3.63, 3.8) is 0 Å². The van der Waals surface area contributed by atoms with Crippen molar-refractivity contribution in [2.45, 2.75) is 13.1 Å². The molecular formula is C14H15N7O2. The molecule has 3 heterocycles. The summed E-state index contributed by atoms with van der Waals surface area (Å²) in [5, 5.41) is 10.9. The second kappa shape index (κ2) is 6.69. The number of aromatic nitrogens is 6. The van der Waals surface area contributed by atoms with Gasteiger partial charge in [-0.25, -0.2) is 14.3 Å². The first-order valence-corrected chi connectivity index (χ1v) is 7.03. The minimum absolute atomic E-state index is 0.123. The van der Waals surface area contributed by atoms with E-state index in [1.807, 2.05) is 24.5 Å². The molecule has 9 nitrogen and oxygen atoms in total. The van der Waals surface area contributed by atoms with Gasteiger partial charge in [-0.05, 0) is 18.2 Å². The standard InChI is InChI=1S/C14H15N7O2/c22-13(9-19-6-1-2-7-19)16-5-8-20-14(23)4-3-12(18-20)21-11-15-10-17-21/h1-4,6-7,10-11H,5,8-9H2,(H,16,22). The molecule has 0 aliphatic rings. The highest BCUT2D eigenvalue weighted by Gasteiger charge is 2.05. The summed E-state index contributed by atoms with van der Waals surface area (Å²) in [6, 6.07) is 6.68. The van der Waals surface area contributed by atoms with Crippen molar-refractivity contribution in [2.75, 3.05) is 6.54 Å². The van der Waals surface area contributed by atoms with Crippen molar-refractivity contribution in [1.82, 2.24) is 34.4 Å². The maximum absolute atomic E-state index is 11.8. The van der Waals surface area contributed by atoms with Crippen molar-refractivity contribution in [3.8, 4) is 5.82 Å². The number of hydrogen-bond acceptors (Lipinski definition) is 5. The Hall–Kier alpha value is -3.23. The summed E-state index contributed by atoms with van der Waals surface area (Å²) in [7, 11) is 0. The Balaban J connectivity index is 1.58. The lowest BCUT2D eigenvalue weighted by Gasteiger charge is -2.08. The molecule has 1 amide bonds. The van der Waals surface area contributed by atoms with Crippen LogP contribution >= 0.6 is 0 Å². The highest BCUT2D eigenvalue weighted by atomic mass is 16.2. The van der Waals surface area contributed by atoms with Crippen molar-refractivity contribution in [3.05, 3.63) is 59.7 Å². The quantitative estimate of drug-likeness (QED) is 0.658. The van der Waals surface area contributed by atoms with Crippen LogP contribution in [0.4, 0.5) is 0 Å². The maximum atomic E-state index is 11.8. The van der Waals surface area contributed by atoms with Crippen LogP contribution in [0.3, 0.4) is 0 Å². The van der Waals surface area contributed by atoms with Gasteiger partial charge in [0.15, 0.2) is 5.82 Å². The molecule has 0 aliphatic heterocycles. The van der Waals surface area contributed by atoms with Crippen LogP contribution < -0.4 is 10.9 Å². The van der Waals surface area contributed by atoms with E-state index >= 15 is 0 Å². The summed E-state index contributed by atoms with van der Waals surface area (Å²) in [5.74, 6) is 0.363. The number of nitrogens with one attached hydrogen (secondary N) is 1. The average Bonchev–Trinajstić information content (AvgIpc) is 3.22. The second-order valence-electron chi connectivity index (χ2n) is 4.80. The molecule has 0 atom stereocenters. The monoisotopic (exact) mass is 313 g/mol. The Kier molecular flexibility index (Phi) is 4.27. The Morgan fingerprint density at radius 2 is 2.04 bits per heavy atom. The minimum Gasteiger partial charge on any atom is -0.353 e. The van der Waals surface area contributed by atoms with Gasteiger partial charge in [-0.3, -0.25) is 9.59 Å². The fourth-order valence-electron chi connectivity index (χ4n) is 2.05. The smallest absolute Gasteiger partial charge is 0.266 e. The molecule has 0 saturated carbocycles. The third-order valence-corrected chi connectivity index (χ3v) is 3.14. The molecule has 3 aromatic rings. The van der Waals surface area contributed by atoms with Crippen LogP contribution in [0.5, 0.6) is 0 Å². The first kappa shape index (κ1) is 14.7. The van der Waals surface area contributed by atoms with Crippen molar-refractivity contribution >= 4 is 5.91 Å². The fraction of sp³-hybridized carbons (Fsp3) is 0.214. The van der Waals surface area contributed by atoms with Crippen molar-refractivity contribution in [1.29, 1.82) is 0 Å². The molecule has 3 rings (SSSR count). The molecule has 9 heteroatoms. The lowest BCUT2D eigenvalue weighted by atomic mass is 10.5. The van der Waals surface area contributed by atoms with Gasteiger partial charge in [-0.1, -0.05) is 0 Å². The summed E-state index contributed by atoms with van der Waals surface area (Å²) in [6.07, 6.45) is 6.51. The first-order chi connectivity index (χ1) is 11.2. The normalized spacial score (nSPS) is 10.6. The SMILES string of the molecule is O=C(Cn1cccc1)NCCn1nc(-n2cncn2)ccc1=O. The molecule has 0 aromatic carbocycles. The molecule has 0 aliphatic carbocycles. The molecule has 118 valence electrons. The molecule has 0 saturated heterocycles. The zero-order valence-electron chi connectivity index (χ0n) is 12.2. The molecular weight excluding hydrogens is 298 g/mol. The maximum Gasteiger partial charge on any atom is 0.266 e. The second-order valence-corrected chi connectivity index (χ2v) is 4.80. The number of carbonyl (C=O) groups excluding carboxylic acids is 1. The predicted molar refractivity (Wildman–Crippen MR) is 80.9 cm³/mol. The summed E-state index contributed by atoms with van der Waals surface area (Å²) in [6.45, 7) is 0.834. The topological polar surface area (TPSA) is 99.6 Å². The third kappa shape index (κ3) is 3.70. The predicted octanol–water partition coefficient (Wildman–Crippen LogP) is -0.558. The lowest BCUT2D eigenvalue weighted by Crippen LogP contribution is -2.33. The summed E-state index contributed by atoms with van der Waals surface area (Å²) in [4.78, 5) is 27.4. The van der Waals surface area contributed by atoms with Crippen molar-refractivity contribution in [2.24, 2.45) is 0 Å². The largest absolute Gasteiger partial charge is 0.353 e. The van der Waals surface area contributed by atoms with Crippen LogP contribution in [0.2, 0.25) is 0 Å². The van der Waals surface area contributed by atoms with Gasteiger partial charge in [0.25, 0.3) is 5.56 Å². The highest BCUT2D eigenvalue weighted by Crippen LogP contribution is 1.96. The van der Waals surface area contributed by atoms with Crippen molar-refractivity contribution < 1.29 is 4.79 Å². The zero-order valence-corrected chi connectivity index (χ0v) is 12.2. The van der Waals surface area contributed by atoms with E-state index in [9.17, 15) is 9.59 Å². The van der Waals surface area contributed by atoms with Crippen LogP contribution in [-0.4, -0.2) is 41.6 Å². The molecule has 0 fully saturated rings. The van der Waals surface area contributed by atoms with Gasteiger partial charge in [0, 0.05) is 25.0 Å². The lowest BCUT2D eigenvalue weighted by molar-refractivity contribution is -0.121. The van der Waals surface area contributed by atoms with Crippen LogP contribution in [0.25, 0.3) is 5.82 Å². The minimum atomic E-state index is -0.242. The average molecular weight is 313 g/mol. The molecule has 0 spiro atoms. The van der Waals surface area contributed by atoms with E-state index in [-0.39, 0.29) is 24.6 Å². The van der Waals surface area contributed by atoms with Crippen LogP contribution in [0.1, 0.15) is 0 Å². The van der Waals surface area contributed by atoms with E-state index in [2.05, 4.69) is 20.5 Å². The summed E-state index contributed by atoms with van der Waals surface area (Å²) in [5.41, 5.74) is -0.242. The summed E-state index contributed by atoms with van der Waals surface area (Å²) < 4.78 is 4.51. The van der Waals surface area contributed by atoms with E-state index in [4.69, 9.17) is 0 Å². The van der Waals surface area contributed by atoms with Gasteiger partial charge in [0.05, 0.1) is 6.54 Å². The first-order valence-electron chi connectivity index (χ1n) is 7.03. The Labute approximate surface area is 131 Å². The zero-order chi connectivity index (χ0) is 16.1. The molecule has 0 bridgehead atoms. The third-order valence-electron chi connectivity index (χ3n) is 3.14. The fourth-order valence-corrected chi connectivity index (χ4v) is 2.05. The van der Waals surface area contributed by atoms with Crippen LogP contribution in [0, 0.1) is 0 Å². The Morgan fingerprint density at radius 1 is 1.22 bits per heavy atom. The number of carbonyl (C=O) groups is 1. The van der Waals surface area contributed by atoms with Gasteiger partial charge < -0.3 is 9.88 Å². The van der Waals surface area contributed by atoms with Gasteiger partial charge in [-0.15, -0.1) is 5.10 Å². The van der Waals surface area contributed by atoms with Gasteiger partial charge in [-0.2, -0.15) is 5.10 Å². The number of nitrogens with zero attached hydrogens (tertiary/aromatic N) is 6.